The summed E-state index contributed by atoms with van der Waals surface area (Å²) in [5, 5.41) is 2.15. The molecule has 1 saturated heterocycles. The zero-order valence-corrected chi connectivity index (χ0v) is 17.6. The normalized spacial score (nSPS) is 17.1. The molecule has 0 saturated carbocycles. The second-order valence-corrected chi connectivity index (χ2v) is 8.21. The molecule has 5 rings (SSSR count). The van der Waals surface area contributed by atoms with E-state index in [4.69, 9.17) is 4.74 Å². The van der Waals surface area contributed by atoms with Gasteiger partial charge in [0.15, 0.2) is 5.78 Å². The van der Waals surface area contributed by atoms with Gasteiger partial charge in [-0.15, -0.1) is 0 Å². The molecule has 0 radical (unpaired) electrons. The molecular weight excluding hydrogens is 386 g/mol. The van der Waals surface area contributed by atoms with Crippen molar-refractivity contribution in [3.63, 3.8) is 0 Å². The maximum atomic E-state index is 13.3. The number of aromatic nitrogens is 2. The van der Waals surface area contributed by atoms with Crippen LogP contribution in [-0.2, 0) is 6.54 Å². The summed E-state index contributed by atoms with van der Waals surface area (Å²) in [6.07, 6.45) is 5.42. The van der Waals surface area contributed by atoms with Crippen molar-refractivity contribution in [2.75, 3.05) is 20.2 Å². The van der Waals surface area contributed by atoms with Crippen LogP contribution < -0.4 is 4.74 Å². The second-order valence-electron chi connectivity index (χ2n) is 8.21. The Balaban J connectivity index is 1.34. The summed E-state index contributed by atoms with van der Waals surface area (Å²) in [5.41, 5.74) is 3.82. The van der Waals surface area contributed by atoms with E-state index in [1.807, 2.05) is 48.5 Å². The van der Waals surface area contributed by atoms with Crippen molar-refractivity contribution >= 4 is 27.6 Å². The van der Waals surface area contributed by atoms with Crippen molar-refractivity contribution in [2.24, 2.45) is 5.92 Å². The number of likely N-dealkylation sites (tertiary alicyclic amines) is 1. The first-order valence-electron chi connectivity index (χ1n) is 10.7. The molecule has 0 aliphatic carbocycles. The fraction of sp³-hybridized carbons (Fsp3) is 0.269. The summed E-state index contributed by atoms with van der Waals surface area (Å²) in [4.78, 5) is 24.6. The molecule has 1 aliphatic heterocycles. The van der Waals surface area contributed by atoms with Gasteiger partial charge in [0.05, 0.1) is 18.1 Å². The number of ketones is 1. The molecule has 5 nitrogen and oxygen atoms in total. The molecule has 31 heavy (non-hydrogen) atoms. The SMILES string of the molecule is COc1ccc2cc(C(=O)C3CCCN(Cc4cccc5nccnc45)C3)ccc2c1. The number of para-hydroxylation sites is 1. The fourth-order valence-corrected chi connectivity index (χ4v) is 4.57. The molecule has 0 amide bonds. The highest BCUT2D eigenvalue weighted by Crippen LogP contribution is 2.27. The Kier molecular flexibility index (Phi) is 5.35. The number of carbonyl (C=O) groups is 1. The van der Waals surface area contributed by atoms with E-state index in [0.29, 0.717) is 0 Å². The van der Waals surface area contributed by atoms with Gasteiger partial charge in [-0.1, -0.05) is 30.3 Å². The van der Waals surface area contributed by atoms with Crippen molar-refractivity contribution in [1.29, 1.82) is 0 Å². The lowest BCUT2D eigenvalue weighted by atomic mass is 9.89. The summed E-state index contributed by atoms with van der Waals surface area (Å²) < 4.78 is 5.30. The Hall–Kier alpha value is -3.31. The van der Waals surface area contributed by atoms with Gasteiger partial charge in [-0.25, -0.2) is 0 Å². The van der Waals surface area contributed by atoms with E-state index >= 15 is 0 Å². The van der Waals surface area contributed by atoms with Crippen LogP contribution in [0.2, 0.25) is 0 Å². The predicted octanol–water partition coefficient (Wildman–Crippen LogP) is 4.89. The van der Waals surface area contributed by atoms with E-state index < -0.39 is 0 Å². The molecule has 5 heteroatoms. The van der Waals surface area contributed by atoms with E-state index in [1.165, 1.54) is 5.56 Å². The van der Waals surface area contributed by atoms with Crippen LogP contribution in [0.15, 0.2) is 67.0 Å². The van der Waals surface area contributed by atoms with Crippen molar-refractivity contribution in [3.8, 4) is 5.75 Å². The molecule has 1 aliphatic rings. The summed E-state index contributed by atoms with van der Waals surface area (Å²) in [6.45, 7) is 2.56. The molecule has 1 atom stereocenters. The number of benzene rings is 3. The zero-order chi connectivity index (χ0) is 21.2. The first kappa shape index (κ1) is 19.6. The van der Waals surface area contributed by atoms with Crippen LogP contribution in [0.25, 0.3) is 21.8 Å². The first-order valence-corrected chi connectivity index (χ1v) is 10.7. The molecule has 1 unspecified atom stereocenters. The number of carbonyl (C=O) groups excluding carboxylic acids is 1. The first-order chi connectivity index (χ1) is 15.2. The van der Waals surface area contributed by atoms with Crippen LogP contribution in [0.3, 0.4) is 0 Å². The third-order valence-electron chi connectivity index (χ3n) is 6.18. The number of rotatable bonds is 5. The maximum Gasteiger partial charge on any atom is 0.167 e. The number of hydrogen-bond donors (Lipinski definition) is 0. The summed E-state index contributed by atoms with van der Waals surface area (Å²) >= 11 is 0. The summed E-state index contributed by atoms with van der Waals surface area (Å²) in [5.74, 6) is 1.08. The largest absolute Gasteiger partial charge is 0.497 e. The highest BCUT2D eigenvalue weighted by Gasteiger charge is 2.27. The number of nitrogens with zero attached hydrogens (tertiary/aromatic N) is 3. The predicted molar refractivity (Wildman–Crippen MR) is 122 cm³/mol. The lowest BCUT2D eigenvalue weighted by Gasteiger charge is -2.32. The highest BCUT2D eigenvalue weighted by molar-refractivity contribution is 6.01. The summed E-state index contributed by atoms with van der Waals surface area (Å²) in [6, 6.07) is 18.1. The molecule has 1 aromatic heterocycles. The van der Waals surface area contributed by atoms with Gasteiger partial charge in [0, 0.05) is 37.0 Å². The molecular formula is C26H25N3O2. The average molecular weight is 412 g/mol. The number of Topliss-reactive ketones (excluding diaryl/α,β-unsaturated/α-hetero) is 1. The molecule has 1 fully saturated rings. The minimum atomic E-state index is 0.0190. The molecule has 0 N–H and O–H groups in total. The molecule has 3 aromatic carbocycles. The Morgan fingerprint density at radius 3 is 2.81 bits per heavy atom. The average Bonchev–Trinajstić information content (AvgIpc) is 2.83. The van der Waals surface area contributed by atoms with E-state index in [1.54, 1.807) is 19.5 Å². The number of fused-ring (bicyclic) bond motifs is 2. The molecule has 0 bridgehead atoms. The monoisotopic (exact) mass is 411 g/mol. The molecule has 0 spiro atoms. The van der Waals surface area contributed by atoms with Crippen LogP contribution in [0, 0.1) is 5.92 Å². The zero-order valence-electron chi connectivity index (χ0n) is 17.6. The van der Waals surface area contributed by atoms with Gasteiger partial charge in [-0.2, -0.15) is 0 Å². The Morgan fingerprint density at radius 1 is 1.06 bits per heavy atom. The molecule has 156 valence electrons. The van der Waals surface area contributed by atoms with Crippen LogP contribution in [0.5, 0.6) is 5.75 Å². The van der Waals surface area contributed by atoms with Crippen LogP contribution in [-0.4, -0.2) is 40.9 Å². The topological polar surface area (TPSA) is 55.3 Å². The number of hydrogen-bond acceptors (Lipinski definition) is 5. The van der Waals surface area contributed by atoms with Gasteiger partial charge < -0.3 is 4.74 Å². The van der Waals surface area contributed by atoms with E-state index in [2.05, 4.69) is 20.9 Å². The lowest BCUT2D eigenvalue weighted by Crippen LogP contribution is -2.38. The van der Waals surface area contributed by atoms with E-state index in [9.17, 15) is 4.79 Å². The van der Waals surface area contributed by atoms with Crippen LogP contribution >= 0.6 is 0 Å². The van der Waals surface area contributed by atoms with Gasteiger partial charge in [-0.3, -0.25) is 19.7 Å². The highest BCUT2D eigenvalue weighted by atomic mass is 16.5. The Labute approximate surface area is 181 Å². The lowest BCUT2D eigenvalue weighted by molar-refractivity contribution is 0.0812. The number of ether oxygens (including phenoxy) is 1. The van der Waals surface area contributed by atoms with Gasteiger partial charge >= 0.3 is 0 Å². The minimum absolute atomic E-state index is 0.0190. The second kappa shape index (κ2) is 8.44. The minimum Gasteiger partial charge on any atom is -0.497 e. The van der Waals surface area contributed by atoms with Crippen LogP contribution in [0.4, 0.5) is 0 Å². The number of piperidine rings is 1. The molecule has 4 aromatic rings. The van der Waals surface area contributed by atoms with Crippen molar-refractivity contribution in [2.45, 2.75) is 19.4 Å². The number of methoxy groups -OCH3 is 1. The Morgan fingerprint density at radius 2 is 1.90 bits per heavy atom. The van der Waals surface area contributed by atoms with E-state index in [-0.39, 0.29) is 11.7 Å². The smallest absolute Gasteiger partial charge is 0.167 e. The van der Waals surface area contributed by atoms with Crippen molar-refractivity contribution in [1.82, 2.24) is 14.9 Å². The van der Waals surface area contributed by atoms with Gasteiger partial charge in [-0.05, 0) is 60.0 Å². The Bertz CT molecular complexity index is 1250. The fourth-order valence-electron chi connectivity index (χ4n) is 4.57. The van der Waals surface area contributed by atoms with E-state index in [0.717, 1.165) is 65.6 Å². The van der Waals surface area contributed by atoms with Crippen LogP contribution in [0.1, 0.15) is 28.8 Å². The quantitative estimate of drug-likeness (QED) is 0.438. The molecule has 2 heterocycles. The van der Waals surface area contributed by atoms with Gasteiger partial charge in [0.1, 0.15) is 5.75 Å². The maximum absolute atomic E-state index is 13.3. The van der Waals surface area contributed by atoms with Crippen molar-refractivity contribution in [3.05, 3.63) is 78.1 Å². The standard InChI is InChI=1S/C26H25N3O2/c1-31-23-10-9-18-14-20(8-7-19(18)15-23)26(30)22-5-3-13-29(17-22)16-21-4-2-6-24-25(21)28-12-11-27-24/h2,4,6-12,14-15,22H,3,5,13,16-17H2,1H3. The summed E-state index contributed by atoms with van der Waals surface area (Å²) in [7, 11) is 1.67. The van der Waals surface area contributed by atoms with Gasteiger partial charge in [0.25, 0.3) is 0 Å². The third kappa shape index (κ3) is 4.01. The third-order valence-corrected chi connectivity index (χ3v) is 6.18. The van der Waals surface area contributed by atoms with Crippen molar-refractivity contribution < 1.29 is 9.53 Å². The van der Waals surface area contributed by atoms with Gasteiger partial charge in [0.2, 0.25) is 0 Å².